The predicted octanol–water partition coefficient (Wildman–Crippen LogP) is 5.21. The second-order valence-corrected chi connectivity index (χ2v) is 7.09. The van der Waals surface area contributed by atoms with Crippen LogP contribution in [0.3, 0.4) is 0 Å². The molecule has 0 saturated heterocycles. The number of thioether (sulfide) groups is 1. The van der Waals surface area contributed by atoms with Crippen LogP contribution in [0.25, 0.3) is 0 Å². The number of rotatable bonds is 5. The van der Waals surface area contributed by atoms with E-state index in [0.29, 0.717) is 0 Å². The predicted molar refractivity (Wildman–Crippen MR) is 81.2 cm³/mol. The summed E-state index contributed by atoms with van der Waals surface area (Å²) in [6.07, 6.45) is 5.20. The lowest BCUT2D eigenvalue weighted by atomic mass is 9.83. The second-order valence-electron chi connectivity index (χ2n) is 5.95. The summed E-state index contributed by atoms with van der Waals surface area (Å²) in [5.41, 5.74) is -3.18. The number of halogens is 3. The van der Waals surface area contributed by atoms with Crippen LogP contribution in [0, 0.1) is 11.8 Å². The Hall–Kier alpha value is -0.680. The van der Waals surface area contributed by atoms with Crippen molar-refractivity contribution in [1.29, 1.82) is 0 Å². The van der Waals surface area contributed by atoms with Crippen LogP contribution in [0.4, 0.5) is 13.2 Å². The summed E-state index contributed by atoms with van der Waals surface area (Å²) in [5, 5.41) is 3.42. The van der Waals surface area contributed by atoms with E-state index in [-0.39, 0.29) is 16.7 Å². The van der Waals surface area contributed by atoms with Crippen molar-refractivity contribution < 1.29 is 13.2 Å². The van der Waals surface area contributed by atoms with E-state index in [2.05, 4.69) is 12.2 Å². The normalized spacial score (nSPS) is 23.2. The van der Waals surface area contributed by atoms with E-state index < -0.39 is 5.51 Å². The molecule has 1 aliphatic carbocycles. The number of hydrogen-bond donors (Lipinski definition) is 1. The molecule has 2 rings (SSSR count). The van der Waals surface area contributed by atoms with Gasteiger partial charge in [0, 0.05) is 11.4 Å². The molecular weight excluding hydrogens is 295 g/mol. The number of alkyl halides is 3. The molecule has 0 heterocycles. The number of benzene rings is 1. The maximum Gasteiger partial charge on any atom is 0.446 e. The molecule has 1 aromatic rings. The molecule has 0 bridgehead atoms. The highest BCUT2D eigenvalue weighted by Gasteiger charge is 2.28. The van der Waals surface area contributed by atoms with Crippen molar-refractivity contribution >= 4 is 11.8 Å². The van der Waals surface area contributed by atoms with Gasteiger partial charge in [-0.25, -0.2) is 0 Å². The van der Waals surface area contributed by atoms with Gasteiger partial charge >= 0.3 is 5.51 Å². The van der Waals surface area contributed by atoms with Crippen LogP contribution in [0.15, 0.2) is 29.2 Å². The van der Waals surface area contributed by atoms with Crippen molar-refractivity contribution in [2.24, 2.45) is 11.8 Å². The fourth-order valence-corrected chi connectivity index (χ4v) is 3.30. The van der Waals surface area contributed by atoms with Crippen molar-refractivity contribution in [3.63, 3.8) is 0 Å². The van der Waals surface area contributed by atoms with E-state index in [1.165, 1.54) is 37.8 Å². The largest absolute Gasteiger partial charge is 0.446 e. The minimum atomic E-state index is -4.21. The van der Waals surface area contributed by atoms with Gasteiger partial charge in [-0.1, -0.05) is 31.9 Å². The third kappa shape index (κ3) is 6.30. The SMILES string of the molecule is CC1CCC(CNCc2ccc(SC(F)(F)F)cc2)CC1. The summed E-state index contributed by atoms with van der Waals surface area (Å²) in [6.45, 7) is 4.04. The zero-order valence-corrected chi connectivity index (χ0v) is 13.1. The summed E-state index contributed by atoms with van der Waals surface area (Å²) in [7, 11) is 0. The van der Waals surface area contributed by atoms with Crippen molar-refractivity contribution in [2.45, 2.75) is 49.6 Å². The van der Waals surface area contributed by atoms with E-state index in [4.69, 9.17) is 0 Å². The summed E-state index contributed by atoms with van der Waals surface area (Å²) >= 11 is -0.0642. The van der Waals surface area contributed by atoms with E-state index in [0.717, 1.165) is 30.5 Å². The number of nitrogens with one attached hydrogen (secondary N) is 1. The lowest BCUT2D eigenvalue weighted by Crippen LogP contribution is -2.25. The molecule has 0 unspecified atom stereocenters. The van der Waals surface area contributed by atoms with Gasteiger partial charge in [-0.2, -0.15) is 13.2 Å². The van der Waals surface area contributed by atoms with Crippen molar-refractivity contribution in [2.75, 3.05) is 6.54 Å². The van der Waals surface area contributed by atoms with Gasteiger partial charge in [-0.3, -0.25) is 0 Å². The molecule has 0 spiro atoms. The summed E-state index contributed by atoms with van der Waals surface area (Å²) < 4.78 is 36.7. The van der Waals surface area contributed by atoms with Crippen molar-refractivity contribution in [3.05, 3.63) is 29.8 Å². The molecule has 1 nitrogen and oxygen atoms in total. The van der Waals surface area contributed by atoms with Crippen LogP contribution >= 0.6 is 11.8 Å². The van der Waals surface area contributed by atoms with Gasteiger partial charge in [-0.15, -0.1) is 0 Å². The van der Waals surface area contributed by atoms with Gasteiger partial charge in [0.25, 0.3) is 0 Å². The van der Waals surface area contributed by atoms with E-state index >= 15 is 0 Å². The molecular formula is C16H22F3NS. The molecule has 0 aromatic heterocycles. The smallest absolute Gasteiger partial charge is 0.312 e. The van der Waals surface area contributed by atoms with Gasteiger partial charge < -0.3 is 5.32 Å². The molecule has 0 atom stereocenters. The molecule has 118 valence electrons. The monoisotopic (exact) mass is 317 g/mol. The average Bonchev–Trinajstić information content (AvgIpc) is 2.41. The van der Waals surface area contributed by atoms with E-state index in [1.54, 1.807) is 12.1 Å². The summed E-state index contributed by atoms with van der Waals surface area (Å²) in [6, 6.07) is 6.61. The third-order valence-corrected chi connectivity index (χ3v) is 4.79. The highest BCUT2D eigenvalue weighted by molar-refractivity contribution is 8.00. The average molecular weight is 317 g/mol. The Labute approximate surface area is 128 Å². The van der Waals surface area contributed by atoms with Gasteiger partial charge in [0.05, 0.1) is 0 Å². The van der Waals surface area contributed by atoms with Gasteiger partial charge in [-0.05, 0) is 60.7 Å². The van der Waals surface area contributed by atoms with E-state index in [1.807, 2.05) is 0 Å². The molecule has 0 aliphatic heterocycles. The molecule has 21 heavy (non-hydrogen) atoms. The maximum absolute atomic E-state index is 12.2. The fraction of sp³-hybridized carbons (Fsp3) is 0.625. The van der Waals surface area contributed by atoms with Gasteiger partial charge in [0.15, 0.2) is 0 Å². The lowest BCUT2D eigenvalue weighted by molar-refractivity contribution is -0.0328. The van der Waals surface area contributed by atoms with Crippen LogP contribution in [0.2, 0.25) is 0 Å². The summed E-state index contributed by atoms with van der Waals surface area (Å²) in [5.74, 6) is 1.61. The zero-order chi connectivity index (χ0) is 15.3. The fourth-order valence-electron chi connectivity index (χ4n) is 2.76. The summed E-state index contributed by atoms with van der Waals surface area (Å²) in [4.78, 5) is 0.243. The van der Waals surface area contributed by atoms with Crippen LogP contribution in [-0.2, 0) is 6.54 Å². The Morgan fingerprint density at radius 1 is 1.10 bits per heavy atom. The van der Waals surface area contributed by atoms with Crippen LogP contribution < -0.4 is 5.32 Å². The minimum absolute atomic E-state index is 0.0642. The first-order chi connectivity index (χ1) is 9.92. The second kappa shape index (κ2) is 7.54. The zero-order valence-electron chi connectivity index (χ0n) is 12.2. The third-order valence-electron chi connectivity index (χ3n) is 4.05. The molecule has 5 heteroatoms. The molecule has 1 aromatic carbocycles. The quantitative estimate of drug-likeness (QED) is 0.748. The Kier molecular flexibility index (Phi) is 5.99. The molecule has 1 saturated carbocycles. The van der Waals surface area contributed by atoms with Crippen LogP contribution in [0.1, 0.15) is 38.2 Å². The molecule has 1 N–H and O–H groups in total. The highest BCUT2D eigenvalue weighted by atomic mass is 32.2. The lowest BCUT2D eigenvalue weighted by Gasteiger charge is -2.26. The van der Waals surface area contributed by atoms with Gasteiger partial charge in [0.2, 0.25) is 0 Å². The van der Waals surface area contributed by atoms with E-state index in [9.17, 15) is 13.2 Å². The van der Waals surface area contributed by atoms with Gasteiger partial charge in [0.1, 0.15) is 0 Å². The first kappa shape index (κ1) is 16.7. The van der Waals surface area contributed by atoms with Crippen LogP contribution in [-0.4, -0.2) is 12.1 Å². The van der Waals surface area contributed by atoms with Crippen LogP contribution in [0.5, 0.6) is 0 Å². The Morgan fingerprint density at radius 3 is 2.29 bits per heavy atom. The van der Waals surface area contributed by atoms with Crippen molar-refractivity contribution in [1.82, 2.24) is 5.32 Å². The Morgan fingerprint density at radius 2 is 1.71 bits per heavy atom. The minimum Gasteiger partial charge on any atom is -0.312 e. The molecule has 1 aliphatic rings. The molecule has 0 amide bonds. The molecule has 1 fully saturated rings. The molecule has 0 radical (unpaired) electrons. The first-order valence-corrected chi connectivity index (χ1v) is 8.29. The maximum atomic E-state index is 12.2. The highest BCUT2D eigenvalue weighted by Crippen LogP contribution is 2.36. The topological polar surface area (TPSA) is 12.0 Å². The number of hydrogen-bond acceptors (Lipinski definition) is 2. The first-order valence-electron chi connectivity index (χ1n) is 7.48. The standard InChI is InChI=1S/C16H22F3NS/c1-12-2-4-13(5-3-12)10-20-11-14-6-8-15(9-7-14)21-16(17,18)19/h6-9,12-13,20H,2-5,10-11H2,1H3. The Balaban J connectivity index is 1.71. The Bertz CT molecular complexity index is 422. The van der Waals surface area contributed by atoms with Crippen molar-refractivity contribution in [3.8, 4) is 0 Å².